The number of anilines is 1. The van der Waals surface area contributed by atoms with Crippen LogP contribution in [0.5, 0.6) is 0 Å². The Morgan fingerprint density at radius 2 is 1.75 bits per heavy atom. The average Bonchev–Trinajstić information content (AvgIpc) is 3.17. The molecule has 3 aromatic rings. The van der Waals surface area contributed by atoms with Crippen LogP contribution >= 0.6 is 11.3 Å². The van der Waals surface area contributed by atoms with Gasteiger partial charge < -0.3 is 10.0 Å². The molecule has 1 aromatic heterocycles. The summed E-state index contributed by atoms with van der Waals surface area (Å²) >= 11 is 1.53. The van der Waals surface area contributed by atoms with E-state index in [1.807, 2.05) is 24.0 Å². The number of aryl methyl sites for hydroxylation is 3. The summed E-state index contributed by atoms with van der Waals surface area (Å²) in [5.74, 6) is 0.505. The van der Waals surface area contributed by atoms with E-state index in [-0.39, 0.29) is 5.76 Å². The number of aliphatic hydroxyl groups is 1. The lowest BCUT2D eigenvalue weighted by molar-refractivity contribution is 0.411. The number of thiazole rings is 1. The fraction of sp³-hybridized carbons (Fsp3) is 0.217. The molecule has 0 radical (unpaired) electrons. The van der Waals surface area contributed by atoms with E-state index in [0.717, 1.165) is 27.4 Å². The number of amidine groups is 1. The molecule has 4 nitrogen and oxygen atoms in total. The van der Waals surface area contributed by atoms with Crippen LogP contribution in [-0.2, 0) is 0 Å². The molecule has 4 rings (SSSR count). The Labute approximate surface area is 169 Å². The zero-order chi connectivity index (χ0) is 20.0. The van der Waals surface area contributed by atoms with E-state index in [0.29, 0.717) is 23.0 Å². The standard InChI is InChI=1S/C23H23N3OS/c1-13-8-10-17(11-9-13)21-16(4)28-23(25-21)20-19(27)12-26(22(20)24)18-7-5-6-14(2)15(18)3/h5-11,24,27H,12H2,1-4H3. The van der Waals surface area contributed by atoms with Gasteiger partial charge in [0.25, 0.3) is 0 Å². The summed E-state index contributed by atoms with van der Waals surface area (Å²) in [7, 11) is 0. The van der Waals surface area contributed by atoms with Crippen molar-refractivity contribution in [3.05, 3.63) is 74.8 Å². The number of rotatable bonds is 3. The van der Waals surface area contributed by atoms with Crippen LogP contribution in [0.3, 0.4) is 0 Å². The molecule has 0 saturated heterocycles. The predicted octanol–water partition coefficient (Wildman–Crippen LogP) is 5.81. The van der Waals surface area contributed by atoms with Crippen LogP contribution in [0.25, 0.3) is 16.8 Å². The Hall–Kier alpha value is -2.92. The number of benzene rings is 2. The van der Waals surface area contributed by atoms with Crippen LogP contribution in [0.4, 0.5) is 5.69 Å². The SMILES string of the molecule is Cc1ccc(-c2nc(C3=C(O)CN(c4cccc(C)c4C)C3=N)sc2C)cc1. The first-order valence-electron chi connectivity index (χ1n) is 9.26. The summed E-state index contributed by atoms with van der Waals surface area (Å²) in [6.45, 7) is 8.51. The third-order valence-electron chi connectivity index (χ3n) is 5.31. The normalized spacial score (nSPS) is 14.3. The molecule has 0 atom stereocenters. The highest BCUT2D eigenvalue weighted by molar-refractivity contribution is 7.13. The van der Waals surface area contributed by atoms with Crippen molar-refractivity contribution in [3.8, 4) is 11.3 Å². The van der Waals surface area contributed by atoms with Crippen LogP contribution in [0.15, 0.2) is 48.2 Å². The van der Waals surface area contributed by atoms with Crippen molar-refractivity contribution in [2.45, 2.75) is 27.7 Å². The molecule has 2 heterocycles. The molecule has 2 aromatic carbocycles. The molecule has 0 spiro atoms. The Balaban J connectivity index is 1.71. The van der Waals surface area contributed by atoms with E-state index >= 15 is 0 Å². The molecule has 1 aliphatic heterocycles. The van der Waals surface area contributed by atoms with E-state index in [2.05, 4.69) is 51.1 Å². The summed E-state index contributed by atoms with van der Waals surface area (Å²) < 4.78 is 0. The lowest BCUT2D eigenvalue weighted by Gasteiger charge is -2.21. The maximum absolute atomic E-state index is 10.7. The van der Waals surface area contributed by atoms with Gasteiger partial charge in [-0.2, -0.15) is 0 Å². The number of nitrogens with one attached hydrogen (secondary N) is 1. The first-order chi connectivity index (χ1) is 13.4. The average molecular weight is 390 g/mol. The molecule has 142 valence electrons. The van der Waals surface area contributed by atoms with Crippen LogP contribution in [0, 0.1) is 33.1 Å². The van der Waals surface area contributed by atoms with Gasteiger partial charge in [-0.15, -0.1) is 11.3 Å². The summed E-state index contributed by atoms with van der Waals surface area (Å²) in [5, 5.41) is 20.1. The van der Waals surface area contributed by atoms with Crippen molar-refractivity contribution >= 4 is 28.4 Å². The van der Waals surface area contributed by atoms with Crippen LogP contribution < -0.4 is 4.90 Å². The van der Waals surface area contributed by atoms with Crippen LogP contribution in [0.1, 0.15) is 26.6 Å². The molecule has 0 saturated carbocycles. The van der Waals surface area contributed by atoms with Gasteiger partial charge in [-0.25, -0.2) is 4.98 Å². The second kappa shape index (κ2) is 6.91. The van der Waals surface area contributed by atoms with Crippen molar-refractivity contribution < 1.29 is 5.11 Å². The Bertz CT molecular complexity index is 1110. The van der Waals surface area contributed by atoms with Gasteiger partial charge in [0.05, 0.1) is 17.8 Å². The molecular formula is C23H23N3OS. The van der Waals surface area contributed by atoms with E-state index in [4.69, 9.17) is 10.4 Å². The zero-order valence-electron chi connectivity index (χ0n) is 16.5. The van der Waals surface area contributed by atoms with Gasteiger partial charge >= 0.3 is 0 Å². The predicted molar refractivity (Wildman–Crippen MR) is 118 cm³/mol. The summed E-state index contributed by atoms with van der Waals surface area (Å²) in [6, 6.07) is 14.3. The van der Waals surface area contributed by atoms with Gasteiger partial charge in [0.15, 0.2) is 0 Å². The highest BCUT2D eigenvalue weighted by atomic mass is 32.1. The lowest BCUT2D eigenvalue weighted by Crippen LogP contribution is -2.27. The molecule has 0 bridgehead atoms. The summed E-state index contributed by atoms with van der Waals surface area (Å²) in [6.07, 6.45) is 0. The monoisotopic (exact) mass is 389 g/mol. The second-order valence-electron chi connectivity index (χ2n) is 7.27. The number of hydrogen-bond donors (Lipinski definition) is 2. The van der Waals surface area contributed by atoms with Gasteiger partial charge in [0.1, 0.15) is 16.6 Å². The highest BCUT2D eigenvalue weighted by Crippen LogP contribution is 2.37. The van der Waals surface area contributed by atoms with Crippen molar-refractivity contribution in [1.82, 2.24) is 4.98 Å². The molecular weight excluding hydrogens is 366 g/mol. The maximum Gasteiger partial charge on any atom is 0.139 e. The molecule has 0 amide bonds. The number of aromatic nitrogens is 1. The molecule has 5 heteroatoms. The minimum Gasteiger partial charge on any atom is -0.510 e. The first kappa shape index (κ1) is 18.4. The zero-order valence-corrected chi connectivity index (χ0v) is 17.3. The first-order valence-corrected chi connectivity index (χ1v) is 10.1. The number of aliphatic hydroxyl groups excluding tert-OH is 1. The molecule has 0 aliphatic carbocycles. The smallest absolute Gasteiger partial charge is 0.139 e. The minimum atomic E-state index is 0.204. The van der Waals surface area contributed by atoms with Crippen molar-refractivity contribution in [3.63, 3.8) is 0 Å². The van der Waals surface area contributed by atoms with Gasteiger partial charge in [-0.3, -0.25) is 5.41 Å². The largest absolute Gasteiger partial charge is 0.510 e. The van der Waals surface area contributed by atoms with Gasteiger partial charge in [-0.05, 0) is 44.9 Å². The number of nitrogens with zero attached hydrogens (tertiary/aromatic N) is 2. The summed E-state index contributed by atoms with van der Waals surface area (Å²) in [4.78, 5) is 7.73. The van der Waals surface area contributed by atoms with Crippen molar-refractivity contribution in [1.29, 1.82) is 5.41 Å². The molecule has 28 heavy (non-hydrogen) atoms. The van der Waals surface area contributed by atoms with Gasteiger partial charge in [0.2, 0.25) is 0 Å². The third-order valence-corrected chi connectivity index (χ3v) is 6.29. The van der Waals surface area contributed by atoms with Crippen LogP contribution in [0.2, 0.25) is 0 Å². The fourth-order valence-electron chi connectivity index (χ4n) is 3.52. The topological polar surface area (TPSA) is 60.2 Å². The van der Waals surface area contributed by atoms with Crippen molar-refractivity contribution in [2.75, 3.05) is 11.4 Å². The van der Waals surface area contributed by atoms with Crippen molar-refractivity contribution in [2.24, 2.45) is 0 Å². The molecule has 0 unspecified atom stereocenters. The van der Waals surface area contributed by atoms with E-state index in [1.54, 1.807) is 0 Å². The molecule has 2 N–H and O–H groups in total. The molecule has 1 aliphatic rings. The summed E-state index contributed by atoms with van der Waals surface area (Å²) in [5.41, 5.74) is 6.96. The fourth-order valence-corrected chi connectivity index (χ4v) is 4.52. The quantitative estimate of drug-likeness (QED) is 0.594. The van der Waals surface area contributed by atoms with E-state index in [1.165, 1.54) is 22.5 Å². The highest BCUT2D eigenvalue weighted by Gasteiger charge is 2.32. The third kappa shape index (κ3) is 3.02. The lowest BCUT2D eigenvalue weighted by atomic mass is 10.1. The number of hydrogen-bond acceptors (Lipinski definition) is 4. The maximum atomic E-state index is 10.7. The van der Waals surface area contributed by atoms with E-state index < -0.39 is 0 Å². The Kier molecular flexibility index (Phi) is 4.55. The molecule has 0 fully saturated rings. The van der Waals surface area contributed by atoms with Crippen LogP contribution in [-0.4, -0.2) is 22.5 Å². The minimum absolute atomic E-state index is 0.204. The van der Waals surface area contributed by atoms with Gasteiger partial charge in [0, 0.05) is 16.1 Å². The Morgan fingerprint density at radius 1 is 1.04 bits per heavy atom. The van der Waals surface area contributed by atoms with E-state index in [9.17, 15) is 5.11 Å². The van der Waals surface area contributed by atoms with Gasteiger partial charge in [-0.1, -0.05) is 42.0 Å². The Morgan fingerprint density at radius 3 is 2.46 bits per heavy atom. The second-order valence-corrected chi connectivity index (χ2v) is 8.47.